The van der Waals surface area contributed by atoms with Gasteiger partial charge >= 0.3 is 0 Å². The van der Waals surface area contributed by atoms with Gasteiger partial charge < -0.3 is 11.1 Å². The maximum Gasteiger partial charge on any atom is 0.220 e. The third kappa shape index (κ3) is 7.34. The highest BCUT2D eigenvalue weighted by molar-refractivity contribution is 6.42. The van der Waals surface area contributed by atoms with Gasteiger partial charge in [-0.1, -0.05) is 36.2 Å². The van der Waals surface area contributed by atoms with Gasteiger partial charge in [0.05, 0.1) is 10.0 Å². The predicted octanol–water partition coefficient (Wildman–Crippen LogP) is 3.45. The highest BCUT2D eigenvalue weighted by atomic mass is 35.5. The molecule has 0 aromatic heterocycles. The molecule has 0 spiro atoms. The van der Waals surface area contributed by atoms with Crippen LogP contribution in [0.5, 0.6) is 0 Å². The lowest BCUT2D eigenvalue weighted by molar-refractivity contribution is -0.121. The first-order valence-corrected chi connectivity index (χ1v) is 7.19. The van der Waals surface area contributed by atoms with Crippen LogP contribution in [0.4, 0.5) is 0 Å². The molecular formula is C14H21Cl3N2O. The van der Waals surface area contributed by atoms with Crippen LogP contribution in [0, 0.1) is 5.92 Å². The maximum atomic E-state index is 11.6. The molecule has 0 saturated carbocycles. The van der Waals surface area contributed by atoms with Crippen molar-refractivity contribution in [2.75, 3.05) is 13.1 Å². The summed E-state index contributed by atoms with van der Waals surface area (Å²) in [7, 11) is 0. The Labute approximate surface area is 136 Å². The Morgan fingerprint density at radius 3 is 2.65 bits per heavy atom. The molecule has 1 aromatic rings. The number of rotatable bonds is 7. The average Bonchev–Trinajstić information content (AvgIpc) is 2.40. The molecule has 0 aliphatic heterocycles. The molecule has 0 aliphatic carbocycles. The monoisotopic (exact) mass is 338 g/mol. The molecule has 0 fully saturated rings. The first kappa shape index (κ1) is 19.5. The van der Waals surface area contributed by atoms with Crippen LogP contribution in [0.25, 0.3) is 0 Å². The van der Waals surface area contributed by atoms with Crippen LogP contribution in [0.1, 0.15) is 25.3 Å². The van der Waals surface area contributed by atoms with E-state index in [2.05, 4.69) is 5.32 Å². The molecular weight excluding hydrogens is 319 g/mol. The van der Waals surface area contributed by atoms with Crippen molar-refractivity contribution >= 4 is 41.5 Å². The lowest BCUT2D eigenvalue weighted by atomic mass is 10.1. The summed E-state index contributed by atoms with van der Waals surface area (Å²) in [6.07, 6.45) is 2.12. The number of benzene rings is 1. The van der Waals surface area contributed by atoms with Crippen molar-refractivity contribution < 1.29 is 4.79 Å². The smallest absolute Gasteiger partial charge is 0.220 e. The Morgan fingerprint density at radius 2 is 2.05 bits per heavy atom. The van der Waals surface area contributed by atoms with Crippen molar-refractivity contribution in [3.63, 3.8) is 0 Å². The largest absolute Gasteiger partial charge is 0.356 e. The van der Waals surface area contributed by atoms with Gasteiger partial charge in [0.15, 0.2) is 0 Å². The Kier molecular flexibility index (Phi) is 10.0. The van der Waals surface area contributed by atoms with Gasteiger partial charge in [-0.2, -0.15) is 0 Å². The SMILES string of the molecule is CC(CN)CNC(=O)CCCc1ccc(Cl)c(Cl)c1.Cl. The molecule has 3 nitrogen and oxygen atoms in total. The van der Waals surface area contributed by atoms with Crippen molar-refractivity contribution in [3.8, 4) is 0 Å². The van der Waals surface area contributed by atoms with E-state index in [4.69, 9.17) is 28.9 Å². The molecule has 114 valence electrons. The summed E-state index contributed by atoms with van der Waals surface area (Å²) in [5, 5.41) is 3.98. The standard InChI is InChI=1S/C14H20Cl2N2O.ClH/c1-10(8-17)9-18-14(19)4-2-3-11-5-6-12(15)13(16)7-11;/h5-7,10H,2-4,8-9,17H2,1H3,(H,18,19);1H. The number of aryl methyl sites for hydroxylation is 1. The Balaban J connectivity index is 0.00000361. The third-order valence-electron chi connectivity index (χ3n) is 2.90. The Bertz CT molecular complexity index is 427. The van der Waals surface area contributed by atoms with E-state index < -0.39 is 0 Å². The summed E-state index contributed by atoms with van der Waals surface area (Å²) in [5.41, 5.74) is 6.58. The summed E-state index contributed by atoms with van der Waals surface area (Å²) in [6.45, 7) is 3.24. The van der Waals surface area contributed by atoms with Crippen LogP contribution in [-0.4, -0.2) is 19.0 Å². The van der Waals surface area contributed by atoms with Crippen molar-refractivity contribution in [2.24, 2.45) is 11.7 Å². The van der Waals surface area contributed by atoms with Crippen LogP contribution in [0.2, 0.25) is 10.0 Å². The van der Waals surface area contributed by atoms with E-state index in [9.17, 15) is 4.79 Å². The first-order valence-electron chi connectivity index (χ1n) is 6.43. The Hall–Kier alpha value is -0.480. The molecule has 3 N–H and O–H groups in total. The van der Waals surface area contributed by atoms with Crippen LogP contribution in [-0.2, 0) is 11.2 Å². The van der Waals surface area contributed by atoms with E-state index in [1.807, 2.05) is 19.1 Å². The molecule has 20 heavy (non-hydrogen) atoms. The van der Waals surface area contributed by atoms with E-state index in [1.54, 1.807) is 6.07 Å². The molecule has 1 atom stereocenters. The lowest BCUT2D eigenvalue weighted by Crippen LogP contribution is -2.31. The number of carbonyl (C=O) groups is 1. The number of carbonyl (C=O) groups excluding carboxylic acids is 1. The molecule has 1 rings (SSSR count). The highest BCUT2D eigenvalue weighted by Gasteiger charge is 2.05. The van der Waals surface area contributed by atoms with E-state index in [0.717, 1.165) is 18.4 Å². The zero-order valence-electron chi connectivity index (χ0n) is 11.5. The molecule has 0 bridgehead atoms. The average molecular weight is 340 g/mol. The van der Waals surface area contributed by atoms with Crippen molar-refractivity contribution in [2.45, 2.75) is 26.2 Å². The van der Waals surface area contributed by atoms with Gasteiger partial charge in [0.1, 0.15) is 0 Å². The van der Waals surface area contributed by atoms with Gasteiger partial charge in [-0.25, -0.2) is 0 Å². The summed E-state index contributed by atoms with van der Waals surface area (Å²) >= 11 is 11.8. The van der Waals surface area contributed by atoms with Crippen LogP contribution < -0.4 is 11.1 Å². The summed E-state index contributed by atoms with van der Waals surface area (Å²) in [4.78, 5) is 11.6. The minimum absolute atomic E-state index is 0. The van der Waals surface area contributed by atoms with E-state index in [1.165, 1.54) is 0 Å². The maximum absolute atomic E-state index is 11.6. The Morgan fingerprint density at radius 1 is 1.35 bits per heavy atom. The minimum Gasteiger partial charge on any atom is -0.356 e. The minimum atomic E-state index is 0. The fourth-order valence-electron chi connectivity index (χ4n) is 1.61. The molecule has 1 unspecified atom stereocenters. The molecule has 1 aromatic carbocycles. The topological polar surface area (TPSA) is 55.1 Å². The molecule has 0 heterocycles. The van der Waals surface area contributed by atoms with Gasteiger partial charge in [-0.15, -0.1) is 12.4 Å². The van der Waals surface area contributed by atoms with Crippen molar-refractivity contribution in [3.05, 3.63) is 33.8 Å². The number of nitrogens with one attached hydrogen (secondary N) is 1. The quantitative estimate of drug-likeness (QED) is 0.799. The number of nitrogens with two attached hydrogens (primary N) is 1. The second-order valence-corrected chi connectivity index (χ2v) is 5.56. The second-order valence-electron chi connectivity index (χ2n) is 4.75. The zero-order chi connectivity index (χ0) is 14.3. The van der Waals surface area contributed by atoms with Crippen LogP contribution in [0.3, 0.4) is 0 Å². The number of hydrogen-bond donors (Lipinski definition) is 2. The summed E-state index contributed by atoms with van der Waals surface area (Å²) < 4.78 is 0. The number of halogens is 3. The fourth-order valence-corrected chi connectivity index (χ4v) is 1.93. The molecule has 0 radical (unpaired) electrons. The van der Waals surface area contributed by atoms with Crippen molar-refractivity contribution in [1.82, 2.24) is 5.32 Å². The number of amides is 1. The van der Waals surface area contributed by atoms with E-state index >= 15 is 0 Å². The van der Waals surface area contributed by atoms with Gasteiger partial charge in [0.2, 0.25) is 5.91 Å². The molecule has 1 amide bonds. The highest BCUT2D eigenvalue weighted by Crippen LogP contribution is 2.23. The first-order chi connectivity index (χ1) is 9.02. The lowest BCUT2D eigenvalue weighted by Gasteiger charge is -2.10. The van der Waals surface area contributed by atoms with E-state index in [-0.39, 0.29) is 18.3 Å². The van der Waals surface area contributed by atoms with Gasteiger partial charge in [-0.05, 0) is 43.0 Å². The summed E-state index contributed by atoms with van der Waals surface area (Å²) in [5.74, 6) is 0.388. The van der Waals surface area contributed by atoms with Gasteiger partial charge in [-0.3, -0.25) is 4.79 Å². The second kappa shape index (κ2) is 10.3. The van der Waals surface area contributed by atoms with Crippen LogP contribution in [0.15, 0.2) is 18.2 Å². The number of hydrogen-bond acceptors (Lipinski definition) is 2. The van der Waals surface area contributed by atoms with Gasteiger partial charge in [0.25, 0.3) is 0 Å². The van der Waals surface area contributed by atoms with Crippen molar-refractivity contribution in [1.29, 1.82) is 0 Å². The zero-order valence-corrected chi connectivity index (χ0v) is 13.8. The third-order valence-corrected chi connectivity index (χ3v) is 3.64. The molecule has 0 aliphatic rings. The predicted molar refractivity (Wildman–Crippen MR) is 87.9 cm³/mol. The van der Waals surface area contributed by atoms with Gasteiger partial charge in [0, 0.05) is 13.0 Å². The molecule has 6 heteroatoms. The molecule has 0 saturated heterocycles. The van der Waals surface area contributed by atoms with E-state index in [0.29, 0.717) is 35.5 Å². The van der Waals surface area contributed by atoms with Crippen LogP contribution >= 0.6 is 35.6 Å². The fraction of sp³-hybridized carbons (Fsp3) is 0.500. The summed E-state index contributed by atoms with van der Waals surface area (Å²) in [6, 6.07) is 5.56. The normalized spacial score (nSPS) is 11.6.